The number of phenolic OH excluding ortho intramolecular Hbond substituents is 1. The Balaban J connectivity index is 1.10. The van der Waals surface area contributed by atoms with E-state index in [-0.39, 0.29) is 23.9 Å². The van der Waals surface area contributed by atoms with Crippen LogP contribution >= 0.6 is 0 Å². The summed E-state index contributed by atoms with van der Waals surface area (Å²) < 4.78 is 5.39. The molecule has 3 aliphatic carbocycles. The fourth-order valence-corrected chi connectivity index (χ4v) is 9.20. The minimum atomic E-state index is -0.848. The number of benzene rings is 1. The van der Waals surface area contributed by atoms with Gasteiger partial charge in [-0.25, -0.2) is 4.98 Å². The number of pyridine rings is 1. The van der Waals surface area contributed by atoms with Crippen LogP contribution in [0.5, 0.6) is 11.5 Å². The first-order valence-electron chi connectivity index (χ1n) is 18.4. The molecule has 0 amide bonds. The number of hydrogen-bond acceptors (Lipinski definition) is 9. The molecule has 49 heavy (non-hydrogen) atoms. The summed E-state index contributed by atoms with van der Waals surface area (Å²) in [4.78, 5) is 29.6. The summed E-state index contributed by atoms with van der Waals surface area (Å²) in [5.74, 6) is 9.00. The van der Waals surface area contributed by atoms with Crippen molar-refractivity contribution in [1.29, 1.82) is 0 Å². The molecule has 3 fully saturated rings. The second-order valence-corrected chi connectivity index (χ2v) is 15.1. The van der Waals surface area contributed by atoms with Crippen LogP contribution in [-0.2, 0) is 22.4 Å². The number of ether oxygens (including phenoxy) is 1. The fraction of sp³-hybridized carbons (Fsp3) is 0.625. The summed E-state index contributed by atoms with van der Waals surface area (Å²) in [7, 11) is 1.50. The summed E-state index contributed by atoms with van der Waals surface area (Å²) in [6.45, 7) is 0.972. The minimum absolute atomic E-state index is 0.0152. The van der Waals surface area contributed by atoms with Gasteiger partial charge in [0, 0.05) is 37.4 Å². The Morgan fingerprint density at radius 3 is 2.69 bits per heavy atom. The van der Waals surface area contributed by atoms with Crippen LogP contribution in [-0.4, -0.2) is 63.8 Å². The predicted molar refractivity (Wildman–Crippen MR) is 188 cm³/mol. The first-order valence-corrected chi connectivity index (χ1v) is 18.4. The van der Waals surface area contributed by atoms with Gasteiger partial charge in [-0.15, -0.1) is 0 Å². The Labute approximate surface area is 290 Å². The monoisotopic (exact) mass is 671 g/mol. The van der Waals surface area contributed by atoms with E-state index in [2.05, 4.69) is 22.1 Å². The lowest BCUT2D eigenvalue weighted by Gasteiger charge is -2.49. The number of Topliss-reactive ketones (excluding diaryl/α,β-unsaturated/α-hetero) is 2. The number of nitrogens with zero attached hydrogens (tertiary/aromatic N) is 1. The molecule has 1 saturated heterocycles. The zero-order chi connectivity index (χ0) is 34.5. The lowest BCUT2D eigenvalue weighted by Crippen LogP contribution is -2.54. The van der Waals surface area contributed by atoms with Crippen molar-refractivity contribution in [1.82, 2.24) is 10.3 Å². The Hall–Kier alpha value is -3.45. The van der Waals surface area contributed by atoms with Crippen LogP contribution in [0.15, 0.2) is 30.5 Å². The standard InChI is InChI=1S/C40H53N3O6/c1-49-39-20-27-7-15-37(47)33(36(46)14-4-24-3-11-31-28(18-24)23-43-35-21-30(45)10-13-32(31)35)12-6-26(34(27)22-38(39)48)5-9-29(44)8-2-25-16-17-42-40(41)19-25/h16-17,19-20,22,24,26,28-29,31-33,35-36,43-44,46,48H,2-5,7-11,13-15,18,21,23H2,1H3,(H2,41,42). The number of methoxy groups -OCH3 is 1. The van der Waals surface area contributed by atoms with Gasteiger partial charge < -0.3 is 31.1 Å². The molecule has 9 nitrogen and oxygen atoms in total. The highest BCUT2D eigenvalue weighted by Gasteiger charge is 2.44. The SMILES string of the molecule is COc1cc2c(cc1O)C(CCC(O)CCc1ccnc(N)c1)C#CC(C(O)CCC1CCC3C(CNC4CC(=O)CCC43)C1)C(=O)CC2. The number of rotatable bonds is 11. The lowest BCUT2D eigenvalue weighted by atomic mass is 9.61. The fourth-order valence-electron chi connectivity index (χ4n) is 9.20. The van der Waals surface area contributed by atoms with Gasteiger partial charge >= 0.3 is 0 Å². The zero-order valence-electron chi connectivity index (χ0n) is 28.8. The molecule has 0 radical (unpaired) electrons. The molecule has 0 spiro atoms. The highest BCUT2D eigenvalue weighted by molar-refractivity contribution is 5.85. The van der Waals surface area contributed by atoms with Crippen molar-refractivity contribution >= 4 is 17.4 Å². The van der Waals surface area contributed by atoms with Crippen molar-refractivity contribution in [3.8, 4) is 23.3 Å². The van der Waals surface area contributed by atoms with Crippen LogP contribution in [0.3, 0.4) is 0 Å². The minimum Gasteiger partial charge on any atom is -0.504 e. The smallest absolute Gasteiger partial charge is 0.160 e. The Kier molecular flexibility index (Phi) is 11.6. The summed E-state index contributed by atoms with van der Waals surface area (Å²) in [5.41, 5.74) is 8.56. The number of nitrogens with two attached hydrogens (primary N) is 1. The third-order valence-corrected chi connectivity index (χ3v) is 11.9. The van der Waals surface area contributed by atoms with Gasteiger partial charge in [0.1, 0.15) is 17.5 Å². The first kappa shape index (κ1) is 35.4. The third kappa shape index (κ3) is 8.65. The van der Waals surface area contributed by atoms with Crippen molar-refractivity contribution in [2.75, 3.05) is 19.4 Å². The Morgan fingerprint density at radius 1 is 1.02 bits per heavy atom. The zero-order valence-corrected chi connectivity index (χ0v) is 28.8. The number of nitrogen functional groups attached to an aromatic ring is 1. The van der Waals surface area contributed by atoms with E-state index in [0.717, 1.165) is 55.3 Å². The number of anilines is 1. The molecule has 0 bridgehead atoms. The maximum atomic E-state index is 13.6. The number of phenols is 1. The number of carbonyl (C=O) groups excluding carboxylic acids is 2. The van der Waals surface area contributed by atoms with Gasteiger partial charge in [-0.05, 0) is 135 Å². The van der Waals surface area contributed by atoms with Crippen molar-refractivity contribution in [2.45, 2.75) is 114 Å². The van der Waals surface area contributed by atoms with E-state index in [1.165, 1.54) is 13.5 Å². The maximum absolute atomic E-state index is 13.6. The number of aromatic nitrogens is 1. The van der Waals surface area contributed by atoms with E-state index in [1.807, 2.05) is 12.1 Å². The van der Waals surface area contributed by atoms with E-state index in [1.54, 1.807) is 18.3 Å². The van der Waals surface area contributed by atoms with Gasteiger partial charge in [-0.3, -0.25) is 9.59 Å². The van der Waals surface area contributed by atoms with E-state index in [4.69, 9.17) is 10.5 Å². The largest absolute Gasteiger partial charge is 0.504 e. The molecule has 1 aliphatic heterocycles. The summed E-state index contributed by atoms with van der Waals surface area (Å²) in [6, 6.07) is 7.54. The Bertz CT molecular complexity index is 1550. The molecule has 2 heterocycles. The molecular formula is C40H53N3O6. The second-order valence-electron chi connectivity index (χ2n) is 15.1. The Morgan fingerprint density at radius 2 is 1.88 bits per heavy atom. The quantitative estimate of drug-likeness (QED) is 0.210. The molecule has 6 rings (SSSR count). The maximum Gasteiger partial charge on any atom is 0.160 e. The molecule has 4 aliphatic rings. The number of fused-ring (bicyclic) bond motifs is 4. The number of aryl methyl sites for hydroxylation is 2. The number of piperidine rings is 1. The van der Waals surface area contributed by atoms with E-state index >= 15 is 0 Å². The third-order valence-electron chi connectivity index (χ3n) is 11.9. The van der Waals surface area contributed by atoms with Gasteiger partial charge in [0.25, 0.3) is 0 Å². The van der Waals surface area contributed by atoms with Gasteiger partial charge in [0.2, 0.25) is 0 Å². The molecule has 264 valence electrons. The highest BCUT2D eigenvalue weighted by Crippen LogP contribution is 2.46. The number of aromatic hydroxyl groups is 1. The van der Waals surface area contributed by atoms with Crippen LogP contribution in [0.25, 0.3) is 0 Å². The van der Waals surface area contributed by atoms with E-state index < -0.39 is 18.1 Å². The summed E-state index contributed by atoms with van der Waals surface area (Å²) in [5, 5.41) is 36.8. The van der Waals surface area contributed by atoms with Crippen molar-refractivity contribution in [3.63, 3.8) is 0 Å². The molecule has 9 atom stereocenters. The number of hydrogen-bond donors (Lipinski definition) is 5. The molecule has 6 N–H and O–H groups in total. The molecule has 9 unspecified atom stereocenters. The van der Waals surface area contributed by atoms with Crippen molar-refractivity contribution < 1.29 is 29.6 Å². The summed E-state index contributed by atoms with van der Waals surface area (Å²) in [6.07, 6.45) is 10.5. The molecular weight excluding hydrogens is 618 g/mol. The average Bonchev–Trinajstić information content (AvgIpc) is 3.16. The van der Waals surface area contributed by atoms with Crippen molar-refractivity contribution in [2.24, 2.45) is 29.6 Å². The predicted octanol–water partition coefficient (Wildman–Crippen LogP) is 4.89. The van der Waals surface area contributed by atoms with Crippen LogP contribution in [0.2, 0.25) is 0 Å². The van der Waals surface area contributed by atoms with Crippen LogP contribution in [0.4, 0.5) is 5.82 Å². The van der Waals surface area contributed by atoms with Gasteiger partial charge in [0.15, 0.2) is 17.3 Å². The number of ketones is 2. The molecule has 2 saturated carbocycles. The topological polar surface area (TPSA) is 155 Å². The molecule has 9 heteroatoms. The van der Waals surface area contributed by atoms with Crippen LogP contribution in [0.1, 0.15) is 99.7 Å². The second kappa shape index (κ2) is 16.1. The molecule has 1 aromatic carbocycles. The van der Waals surface area contributed by atoms with Crippen LogP contribution in [0, 0.1) is 41.4 Å². The van der Waals surface area contributed by atoms with Crippen molar-refractivity contribution in [3.05, 3.63) is 47.2 Å². The van der Waals surface area contributed by atoms with Crippen LogP contribution < -0.4 is 15.8 Å². The average molecular weight is 672 g/mol. The molecule has 1 aromatic heterocycles. The number of aliphatic hydroxyl groups is 2. The normalized spacial score (nSPS) is 29.5. The lowest BCUT2D eigenvalue weighted by molar-refractivity contribution is -0.124. The molecule has 2 aromatic rings. The van der Waals surface area contributed by atoms with E-state index in [0.29, 0.717) is 92.0 Å². The highest BCUT2D eigenvalue weighted by atomic mass is 16.5. The van der Waals surface area contributed by atoms with E-state index in [9.17, 15) is 24.9 Å². The number of carbonyl (C=O) groups is 2. The summed E-state index contributed by atoms with van der Waals surface area (Å²) >= 11 is 0. The first-order chi connectivity index (χ1) is 23.7. The van der Waals surface area contributed by atoms with Gasteiger partial charge in [-0.2, -0.15) is 0 Å². The van der Waals surface area contributed by atoms with Gasteiger partial charge in [-0.1, -0.05) is 18.3 Å². The number of nitrogens with one attached hydrogen (secondary N) is 1. The van der Waals surface area contributed by atoms with Gasteiger partial charge in [0.05, 0.1) is 19.3 Å². The number of aliphatic hydroxyl groups excluding tert-OH is 2.